The summed E-state index contributed by atoms with van der Waals surface area (Å²) >= 11 is 0. The van der Waals surface area contributed by atoms with Gasteiger partial charge in [-0.1, -0.05) is 24.3 Å². The van der Waals surface area contributed by atoms with Crippen molar-refractivity contribution in [2.75, 3.05) is 13.2 Å². The molecule has 1 amide bonds. The Morgan fingerprint density at radius 1 is 1.29 bits per heavy atom. The van der Waals surface area contributed by atoms with Crippen molar-refractivity contribution in [2.24, 2.45) is 0 Å². The molecule has 0 heterocycles. The minimum Gasteiger partial charge on any atom is -0.392 e. The minimum atomic E-state index is -0.00955. The number of hydrogen-bond donors (Lipinski definition) is 2. The lowest BCUT2D eigenvalue weighted by Gasteiger charge is -2.06. The highest BCUT2D eigenvalue weighted by molar-refractivity contribution is 5.75. The van der Waals surface area contributed by atoms with Crippen LogP contribution in [-0.2, 0) is 22.7 Å². The molecule has 0 radical (unpaired) electrons. The van der Waals surface area contributed by atoms with Crippen molar-refractivity contribution in [1.82, 2.24) is 5.32 Å². The molecule has 1 aromatic carbocycles. The Labute approximate surface area is 102 Å². The fourth-order valence-corrected chi connectivity index (χ4v) is 1.36. The lowest BCUT2D eigenvalue weighted by atomic mass is 10.1. The largest absolute Gasteiger partial charge is 0.392 e. The topological polar surface area (TPSA) is 58.6 Å². The van der Waals surface area contributed by atoms with Crippen LogP contribution in [0.25, 0.3) is 0 Å². The van der Waals surface area contributed by atoms with E-state index in [2.05, 4.69) is 5.32 Å². The number of nitrogens with one attached hydrogen (secondary N) is 1. The summed E-state index contributed by atoms with van der Waals surface area (Å²) in [5, 5.41) is 11.7. The van der Waals surface area contributed by atoms with Gasteiger partial charge in [-0.25, -0.2) is 0 Å². The molecule has 2 N–H and O–H groups in total. The Bertz CT molecular complexity index is 335. The van der Waals surface area contributed by atoms with Crippen molar-refractivity contribution in [2.45, 2.75) is 26.5 Å². The SMILES string of the molecule is CCOCCC(=O)NCc1ccc(CO)cc1. The van der Waals surface area contributed by atoms with Crippen LogP contribution in [0.15, 0.2) is 24.3 Å². The highest BCUT2D eigenvalue weighted by Gasteiger charge is 2.01. The second-order valence-corrected chi connectivity index (χ2v) is 3.70. The predicted octanol–water partition coefficient (Wildman–Crippen LogP) is 1.22. The second kappa shape index (κ2) is 7.81. The molecule has 0 bridgehead atoms. The smallest absolute Gasteiger partial charge is 0.222 e. The molecule has 0 atom stereocenters. The number of aliphatic hydroxyl groups is 1. The van der Waals surface area contributed by atoms with Gasteiger partial charge in [0.15, 0.2) is 0 Å². The second-order valence-electron chi connectivity index (χ2n) is 3.70. The first kappa shape index (κ1) is 13.7. The number of carbonyl (C=O) groups excluding carboxylic acids is 1. The molecule has 0 aliphatic carbocycles. The molecule has 0 fully saturated rings. The quantitative estimate of drug-likeness (QED) is 0.701. The van der Waals surface area contributed by atoms with Gasteiger partial charge in [0, 0.05) is 19.6 Å². The summed E-state index contributed by atoms with van der Waals surface area (Å²) < 4.78 is 5.10. The van der Waals surface area contributed by atoms with E-state index >= 15 is 0 Å². The molecule has 0 aliphatic heterocycles. The van der Waals surface area contributed by atoms with Crippen LogP contribution in [0.3, 0.4) is 0 Å². The van der Waals surface area contributed by atoms with Gasteiger partial charge in [-0.2, -0.15) is 0 Å². The highest BCUT2D eigenvalue weighted by Crippen LogP contribution is 2.03. The summed E-state index contributed by atoms with van der Waals surface area (Å²) in [6, 6.07) is 7.49. The van der Waals surface area contributed by atoms with E-state index in [0.717, 1.165) is 11.1 Å². The highest BCUT2D eigenvalue weighted by atomic mass is 16.5. The van der Waals surface area contributed by atoms with E-state index in [1.807, 2.05) is 31.2 Å². The van der Waals surface area contributed by atoms with Crippen LogP contribution in [0.5, 0.6) is 0 Å². The average molecular weight is 237 g/mol. The molecule has 17 heavy (non-hydrogen) atoms. The molecule has 0 aliphatic rings. The van der Waals surface area contributed by atoms with Gasteiger partial charge in [0.1, 0.15) is 0 Å². The lowest BCUT2D eigenvalue weighted by molar-refractivity contribution is -0.122. The Morgan fingerprint density at radius 3 is 2.53 bits per heavy atom. The van der Waals surface area contributed by atoms with E-state index in [9.17, 15) is 4.79 Å². The Kier molecular flexibility index (Phi) is 6.29. The molecule has 1 rings (SSSR count). The van der Waals surface area contributed by atoms with E-state index in [0.29, 0.717) is 26.2 Å². The predicted molar refractivity (Wildman–Crippen MR) is 65.3 cm³/mol. The van der Waals surface area contributed by atoms with Crippen molar-refractivity contribution in [3.05, 3.63) is 35.4 Å². The van der Waals surface area contributed by atoms with Gasteiger partial charge in [0.2, 0.25) is 5.91 Å². The van der Waals surface area contributed by atoms with Crippen molar-refractivity contribution in [3.63, 3.8) is 0 Å². The van der Waals surface area contributed by atoms with Crippen molar-refractivity contribution in [1.29, 1.82) is 0 Å². The first-order chi connectivity index (χ1) is 8.26. The van der Waals surface area contributed by atoms with E-state index in [1.165, 1.54) is 0 Å². The zero-order chi connectivity index (χ0) is 12.5. The summed E-state index contributed by atoms with van der Waals surface area (Å²) in [5.74, 6) is -0.00955. The van der Waals surface area contributed by atoms with Gasteiger partial charge in [0.25, 0.3) is 0 Å². The molecule has 0 aromatic heterocycles. The van der Waals surface area contributed by atoms with Gasteiger partial charge in [-0.05, 0) is 18.1 Å². The maximum absolute atomic E-state index is 11.4. The molecule has 4 heteroatoms. The molecule has 0 saturated carbocycles. The third-order valence-corrected chi connectivity index (χ3v) is 2.37. The molecular formula is C13H19NO3. The van der Waals surface area contributed by atoms with Gasteiger partial charge in [-0.15, -0.1) is 0 Å². The number of aliphatic hydroxyl groups excluding tert-OH is 1. The number of amides is 1. The number of benzene rings is 1. The molecule has 4 nitrogen and oxygen atoms in total. The molecule has 0 saturated heterocycles. The van der Waals surface area contributed by atoms with Gasteiger partial charge < -0.3 is 15.2 Å². The zero-order valence-corrected chi connectivity index (χ0v) is 10.1. The van der Waals surface area contributed by atoms with Crippen molar-refractivity contribution < 1.29 is 14.6 Å². The Hall–Kier alpha value is -1.39. The summed E-state index contributed by atoms with van der Waals surface area (Å²) in [5.41, 5.74) is 1.89. The van der Waals surface area contributed by atoms with Crippen molar-refractivity contribution in [3.8, 4) is 0 Å². The zero-order valence-electron chi connectivity index (χ0n) is 10.1. The maximum Gasteiger partial charge on any atom is 0.222 e. The molecule has 94 valence electrons. The molecule has 0 spiro atoms. The number of hydrogen-bond acceptors (Lipinski definition) is 3. The average Bonchev–Trinajstić information content (AvgIpc) is 2.37. The van der Waals surface area contributed by atoms with E-state index < -0.39 is 0 Å². The van der Waals surface area contributed by atoms with Gasteiger partial charge in [-0.3, -0.25) is 4.79 Å². The number of carbonyl (C=O) groups is 1. The summed E-state index contributed by atoms with van der Waals surface area (Å²) in [4.78, 5) is 11.4. The van der Waals surface area contributed by atoms with Crippen LogP contribution in [0.4, 0.5) is 0 Å². The normalized spacial score (nSPS) is 10.2. The Morgan fingerprint density at radius 2 is 1.94 bits per heavy atom. The van der Waals surface area contributed by atoms with Crippen LogP contribution in [0.2, 0.25) is 0 Å². The van der Waals surface area contributed by atoms with Crippen LogP contribution >= 0.6 is 0 Å². The van der Waals surface area contributed by atoms with Crippen LogP contribution < -0.4 is 5.32 Å². The lowest BCUT2D eigenvalue weighted by Crippen LogP contribution is -2.23. The summed E-state index contributed by atoms with van der Waals surface area (Å²) in [6.07, 6.45) is 0.391. The molecule has 1 aromatic rings. The van der Waals surface area contributed by atoms with E-state index in [4.69, 9.17) is 9.84 Å². The van der Waals surface area contributed by atoms with Crippen LogP contribution in [0.1, 0.15) is 24.5 Å². The van der Waals surface area contributed by atoms with Crippen LogP contribution in [0, 0.1) is 0 Å². The summed E-state index contributed by atoms with van der Waals surface area (Å²) in [6.45, 7) is 3.56. The third-order valence-electron chi connectivity index (χ3n) is 2.37. The first-order valence-corrected chi connectivity index (χ1v) is 5.79. The molecular weight excluding hydrogens is 218 g/mol. The van der Waals surface area contributed by atoms with Crippen molar-refractivity contribution >= 4 is 5.91 Å². The minimum absolute atomic E-state index is 0.00955. The standard InChI is InChI=1S/C13H19NO3/c1-2-17-8-7-13(16)14-9-11-3-5-12(10-15)6-4-11/h3-6,15H,2,7-10H2,1H3,(H,14,16). The first-order valence-electron chi connectivity index (χ1n) is 5.79. The molecule has 0 unspecified atom stereocenters. The monoisotopic (exact) mass is 237 g/mol. The fourth-order valence-electron chi connectivity index (χ4n) is 1.36. The van der Waals surface area contributed by atoms with E-state index in [-0.39, 0.29) is 12.5 Å². The van der Waals surface area contributed by atoms with Gasteiger partial charge >= 0.3 is 0 Å². The van der Waals surface area contributed by atoms with E-state index in [1.54, 1.807) is 0 Å². The van der Waals surface area contributed by atoms with Crippen LogP contribution in [-0.4, -0.2) is 24.2 Å². The van der Waals surface area contributed by atoms with Gasteiger partial charge in [0.05, 0.1) is 13.2 Å². The Balaban J connectivity index is 2.27. The third kappa shape index (κ3) is 5.47. The summed E-state index contributed by atoms with van der Waals surface area (Å²) in [7, 11) is 0. The maximum atomic E-state index is 11.4. The number of ether oxygens (including phenoxy) is 1. The number of rotatable bonds is 7. The fraction of sp³-hybridized carbons (Fsp3) is 0.462.